The Bertz CT molecular complexity index is 1400. The van der Waals surface area contributed by atoms with Crippen molar-refractivity contribution in [1.29, 1.82) is 0 Å². The second kappa shape index (κ2) is 42.7. The van der Waals surface area contributed by atoms with Crippen LogP contribution in [-0.2, 0) is 56.5 Å². The SMILES string of the molecule is CCCCCCCCCCCCCCCC(=O)OCC(COP(=O)(O)OCCNC(=O)OCCOCCNC(=O)CCN1C(=O)C=CC1=O)OC(=O)CCCCCCCCCCCCCCC. The summed E-state index contributed by atoms with van der Waals surface area (Å²) in [5, 5.41) is 4.96. The third kappa shape index (κ3) is 38.2. The zero-order valence-electron chi connectivity index (χ0n) is 41.3. The van der Waals surface area contributed by atoms with Crippen LogP contribution in [0.25, 0.3) is 0 Å². The maximum atomic E-state index is 12.8. The number of amides is 4. The molecule has 18 heteroatoms. The van der Waals surface area contributed by atoms with Crippen molar-refractivity contribution < 1.29 is 66.2 Å². The largest absolute Gasteiger partial charge is 0.472 e. The number of carbonyl (C=O) groups is 6. The first-order valence-corrected chi connectivity index (χ1v) is 27.2. The Morgan fingerprint density at radius 3 is 1.52 bits per heavy atom. The van der Waals surface area contributed by atoms with Crippen LogP contribution in [0.5, 0.6) is 0 Å². The van der Waals surface area contributed by atoms with Crippen molar-refractivity contribution >= 4 is 43.6 Å². The number of unbranched alkanes of at least 4 members (excludes halogenated alkanes) is 24. The van der Waals surface area contributed by atoms with E-state index in [4.69, 9.17) is 28.0 Å². The molecule has 0 spiro atoms. The zero-order chi connectivity index (χ0) is 49.1. The Morgan fingerprint density at radius 1 is 0.552 bits per heavy atom. The number of carbonyl (C=O) groups excluding carboxylic acids is 6. The molecule has 0 aliphatic carbocycles. The molecule has 0 radical (unpaired) electrons. The number of rotatable bonds is 47. The monoisotopic (exact) mass is 974 g/mol. The van der Waals surface area contributed by atoms with Gasteiger partial charge in [-0.05, 0) is 12.8 Å². The van der Waals surface area contributed by atoms with E-state index in [-0.39, 0.29) is 71.2 Å². The number of imide groups is 1. The number of esters is 2. The molecule has 3 N–H and O–H groups in total. The lowest BCUT2D eigenvalue weighted by molar-refractivity contribution is -0.161. The topological polar surface area (TPSA) is 222 Å². The van der Waals surface area contributed by atoms with E-state index in [0.29, 0.717) is 12.8 Å². The molecule has 0 bridgehead atoms. The quantitative estimate of drug-likeness (QED) is 0.0170. The van der Waals surface area contributed by atoms with E-state index in [9.17, 15) is 38.2 Å². The summed E-state index contributed by atoms with van der Waals surface area (Å²) in [7, 11) is -4.66. The Balaban J connectivity index is 2.34. The molecule has 0 aromatic rings. The van der Waals surface area contributed by atoms with Crippen LogP contribution in [0, 0.1) is 0 Å². The van der Waals surface area contributed by atoms with E-state index in [1.54, 1.807) is 0 Å². The minimum atomic E-state index is -4.66. The summed E-state index contributed by atoms with van der Waals surface area (Å²) in [4.78, 5) is 83.6. The molecule has 0 aromatic heterocycles. The van der Waals surface area contributed by atoms with Crippen LogP contribution in [0.1, 0.15) is 200 Å². The van der Waals surface area contributed by atoms with Gasteiger partial charge in [0.05, 0.1) is 26.4 Å². The van der Waals surface area contributed by atoms with Gasteiger partial charge in [-0.25, -0.2) is 9.36 Å². The van der Waals surface area contributed by atoms with Crippen LogP contribution in [0.3, 0.4) is 0 Å². The number of nitrogens with one attached hydrogen (secondary N) is 2. The van der Waals surface area contributed by atoms with Crippen molar-refractivity contribution in [2.24, 2.45) is 0 Å². The summed E-state index contributed by atoms with van der Waals surface area (Å²) >= 11 is 0. The Labute approximate surface area is 401 Å². The van der Waals surface area contributed by atoms with E-state index in [0.717, 1.165) is 55.6 Å². The van der Waals surface area contributed by atoms with Crippen LogP contribution in [0.15, 0.2) is 12.2 Å². The Morgan fingerprint density at radius 2 is 1.01 bits per heavy atom. The lowest BCUT2D eigenvalue weighted by atomic mass is 10.0. The van der Waals surface area contributed by atoms with Crippen molar-refractivity contribution in [2.75, 3.05) is 59.3 Å². The highest BCUT2D eigenvalue weighted by Gasteiger charge is 2.27. The van der Waals surface area contributed by atoms with Gasteiger partial charge in [0.25, 0.3) is 11.8 Å². The average molecular weight is 974 g/mol. The second-order valence-electron chi connectivity index (χ2n) is 17.3. The second-order valence-corrected chi connectivity index (χ2v) is 18.8. The van der Waals surface area contributed by atoms with Crippen LogP contribution in [-0.4, -0.2) is 111 Å². The van der Waals surface area contributed by atoms with E-state index < -0.39 is 57.0 Å². The summed E-state index contributed by atoms with van der Waals surface area (Å²) in [6, 6.07) is 0. The highest BCUT2D eigenvalue weighted by atomic mass is 31.2. The molecule has 1 aliphatic heterocycles. The van der Waals surface area contributed by atoms with Gasteiger partial charge in [-0.1, -0.05) is 168 Å². The van der Waals surface area contributed by atoms with Crippen molar-refractivity contribution in [3.63, 3.8) is 0 Å². The maximum Gasteiger partial charge on any atom is 0.472 e. The number of phosphoric ester groups is 1. The molecule has 0 saturated heterocycles. The summed E-state index contributed by atoms with van der Waals surface area (Å²) < 4.78 is 44.0. The van der Waals surface area contributed by atoms with Crippen molar-refractivity contribution in [2.45, 2.75) is 206 Å². The van der Waals surface area contributed by atoms with Crippen molar-refractivity contribution in [3.8, 4) is 0 Å². The average Bonchev–Trinajstić information content (AvgIpc) is 3.63. The fraction of sp³-hybridized carbons (Fsp3) is 0.837. The molecular formula is C49H88N3O14P. The van der Waals surface area contributed by atoms with Gasteiger partial charge >= 0.3 is 25.9 Å². The number of ether oxygens (including phenoxy) is 4. The van der Waals surface area contributed by atoms with Crippen LogP contribution < -0.4 is 10.6 Å². The van der Waals surface area contributed by atoms with E-state index in [1.165, 1.54) is 116 Å². The summed E-state index contributed by atoms with van der Waals surface area (Å²) in [6.07, 6.45) is 31.3. The predicted molar refractivity (Wildman–Crippen MR) is 257 cm³/mol. The standard InChI is InChI=1S/C49H88N3O14P/c1-3-5-7-9-11-13-15-17-19-21-23-25-27-29-47(56)63-41-43(66-48(57)30-28-26-24-22-20-18-16-14-12-10-8-6-4-2)42-65-67(59,60)64-38-35-51-49(58)62-40-39-61-37-34-50-44(53)33-36-52-45(54)31-32-46(52)55/h31-32,43H,3-30,33-42H2,1-2H3,(H,50,53)(H,51,58)(H,59,60). The summed E-state index contributed by atoms with van der Waals surface area (Å²) in [5.74, 6) is -2.23. The normalized spacial score (nSPS) is 13.7. The first-order chi connectivity index (χ1) is 32.5. The molecule has 0 aromatic carbocycles. The lowest BCUT2D eigenvalue weighted by Gasteiger charge is -2.20. The molecule has 2 atom stereocenters. The van der Waals surface area contributed by atoms with E-state index in [2.05, 4.69) is 24.5 Å². The van der Waals surface area contributed by atoms with Crippen molar-refractivity contribution in [3.05, 3.63) is 12.2 Å². The third-order valence-corrected chi connectivity index (χ3v) is 12.2. The molecular weight excluding hydrogens is 886 g/mol. The molecule has 67 heavy (non-hydrogen) atoms. The van der Waals surface area contributed by atoms with Crippen LogP contribution in [0.2, 0.25) is 0 Å². The minimum absolute atomic E-state index is 0.0241. The molecule has 388 valence electrons. The van der Waals surface area contributed by atoms with Gasteiger partial charge in [0.2, 0.25) is 5.91 Å². The van der Waals surface area contributed by atoms with E-state index >= 15 is 0 Å². The zero-order valence-corrected chi connectivity index (χ0v) is 42.1. The highest BCUT2D eigenvalue weighted by molar-refractivity contribution is 7.47. The summed E-state index contributed by atoms with van der Waals surface area (Å²) in [6.45, 7) is 3.15. The molecule has 4 amide bonds. The number of alkyl carbamates (subject to hydrolysis) is 1. The smallest absolute Gasteiger partial charge is 0.462 e. The molecule has 1 aliphatic rings. The lowest BCUT2D eigenvalue weighted by Crippen LogP contribution is -2.35. The van der Waals surface area contributed by atoms with E-state index in [1.807, 2.05) is 0 Å². The summed E-state index contributed by atoms with van der Waals surface area (Å²) in [5.41, 5.74) is 0. The van der Waals surface area contributed by atoms with Gasteiger partial charge in [0.15, 0.2) is 6.10 Å². The molecule has 0 saturated carbocycles. The third-order valence-electron chi connectivity index (χ3n) is 11.2. The number of hydrogen-bond acceptors (Lipinski definition) is 13. The first kappa shape index (κ1) is 61.6. The van der Waals surface area contributed by atoms with Gasteiger partial charge in [0.1, 0.15) is 13.2 Å². The first-order valence-electron chi connectivity index (χ1n) is 25.7. The van der Waals surface area contributed by atoms with Gasteiger partial charge in [-0.3, -0.25) is 37.9 Å². The molecule has 0 fully saturated rings. The Kier molecular flexibility index (Phi) is 39.3. The Hall–Kier alpha value is -3.37. The van der Waals surface area contributed by atoms with Crippen molar-refractivity contribution in [1.82, 2.24) is 15.5 Å². The van der Waals surface area contributed by atoms with Gasteiger partial charge < -0.3 is 34.5 Å². The minimum Gasteiger partial charge on any atom is -0.462 e. The number of hydrogen-bond donors (Lipinski definition) is 3. The fourth-order valence-corrected chi connectivity index (χ4v) is 8.04. The molecule has 17 nitrogen and oxygen atoms in total. The van der Waals surface area contributed by atoms with Crippen LogP contribution in [0.4, 0.5) is 4.79 Å². The highest BCUT2D eigenvalue weighted by Crippen LogP contribution is 2.43. The molecule has 1 rings (SSSR count). The maximum absolute atomic E-state index is 12.8. The fourth-order valence-electron chi connectivity index (χ4n) is 7.28. The van der Waals surface area contributed by atoms with Gasteiger partial charge in [0, 0.05) is 51.0 Å². The van der Waals surface area contributed by atoms with Gasteiger partial charge in [-0.15, -0.1) is 0 Å². The number of nitrogens with zero attached hydrogens (tertiary/aromatic N) is 1. The number of phosphoric acid groups is 1. The molecule has 1 heterocycles. The predicted octanol–water partition coefficient (Wildman–Crippen LogP) is 9.71. The molecule has 2 unspecified atom stereocenters. The van der Waals surface area contributed by atoms with Crippen LogP contribution >= 0.6 is 7.82 Å². The van der Waals surface area contributed by atoms with Gasteiger partial charge in [-0.2, -0.15) is 0 Å².